The third-order valence-corrected chi connectivity index (χ3v) is 3.49. The molecule has 0 unspecified atom stereocenters. The molecule has 0 saturated carbocycles. The van der Waals surface area contributed by atoms with E-state index in [0.29, 0.717) is 11.3 Å². The van der Waals surface area contributed by atoms with Gasteiger partial charge < -0.3 is 5.73 Å². The number of nitrogens with zero attached hydrogens (tertiary/aromatic N) is 2. The molecule has 106 valence electrons. The summed E-state index contributed by atoms with van der Waals surface area (Å²) < 4.78 is 14.4. The van der Waals surface area contributed by atoms with Gasteiger partial charge in [0.1, 0.15) is 5.82 Å². The summed E-state index contributed by atoms with van der Waals surface area (Å²) in [7, 11) is 0. The van der Waals surface area contributed by atoms with Gasteiger partial charge in [-0.25, -0.2) is 14.4 Å². The molecule has 1 aromatic heterocycles. The summed E-state index contributed by atoms with van der Waals surface area (Å²) in [4.78, 5) is 8.44. The van der Waals surface area contributed by atoms with E-state index in [1.165, 1.54) is 6.07 Å². The van der Waals surface area contributed by atoms with Gasteiger partial charge in [-0.15, -0.1) is 0 Å². The maximum absolute atomic E-state index is 14.4. The monoisotopic (exact) mass is 281 g/mol. The van der Waals surface area contributed by atoms with Crippen LogP contribution in [-0.2, 0) is 0 Å². The average Bonchev–Trinajstić information content (AvgIpc) is 2.46. The summed E-state index contributed by atoms with van der Waals surface area (Å²) in [6, 6.07) is 12.7. The second-order valence-electron chi connectivity index (χ2n) is 5.33. The van der Waals surface area contributed by atoms with Crippen LogP contribution in [0.1, 0.15) is 25.5 Å². The molecule has 0 saturated heterocycles. The molecule has 2 aromatic carbocycles. The predicted molar refractivity (Wildman–Crippen MR) is 83.4 cm³/mol. The number of hydrogen-bond acceptors (Lipinski definition) is 3. The zero-order valence-corrected chi connectivity index (χ0v) is 12.0. The van der Waals surface area contributed by atoms with Crippen LogP contribution in [0.25, 0.3) is 22.0 Å². The molecule has 21 heavy (non-hydrogen) atoms. The van der Waals surface area contributed by atoms with Gasteiger partial charge in [0.05, 0.1) is 5.69 Å². The zero-order valence-electron chi connectivity index (χ0n) is 12.0. The van der Waals surface area contributed by atoms with Crippen molar-refractivity contribution in [2.45, 2.75) is 19.8 Å². The van der Waals surface area contributed by atoms with Crippen molar-refractivity contribution in [3.8, 4) is 11.3 Å². The number of aromatic nitrogens is 2. The number of hydrogen-bond donors (Lipinski definition) is 1. The highest BCUT2D eigenvalue weighted by molar-refractivity contribution is 5.96. The van der Waals surface area contributed by atoms with Crippen molar-refractivity contribution in [1.29, 1.82) is 0 Å². The number of halogens is 1. The van der Waals surface area contributed by atoms with E-state index in [4.69, 9.17) is 5.73 Å². The molecule has 3 aromatic rings. The Morgan fingerprint density at radius 1 is 1.05 bits per heavy atom. The van der Waals surface area contributed by atoms with Crippen LogP contribution < -0.4 is 5.73 Å². The van der Waals surface area contributed by atoms with Crippen LogP contribution >= 0.6 is 0 Å². The second kappa shape index (κ2) is 5.13. The van der Waals surface area contributed by atoms with Gasteiger partial charge in [-0.2, -0.15) is 0 Å². The van der Waals surface area contributed by atoms with Crippen LogP contribution in [-0.4, -0.2) is 9.97 Å². The summed E-state index contributed by atoms with van der Waals surface area (Å²) in [6.45, 7) is 4.04. The normalized spacial score (nSPS) is 11.2. The zero-order chi connectivity index (χ0) is 15.0. The lowest BCUT2D eigenvalue weighted by Gasteiger charge is -2.11. The summed E-state index contributed by atoms with van der Waals surface area (Å²) in [6.07, 6.45) is 0. The predicted octanol–water partition coefficient (Wildman–Crippen LogP) is 4.14. The minimum absolute atomic E-state index is 0.170. The number of anilines is 1. The number of benzene rings is 2. The van der Waals surface area contributed by atoms with Crippen molar-refractivity contribution in [2.75, 3.05) is 5.73 Å². The fraction of sp³-hybridized carbons (Fsp3) is 0.176. The number of fused-ring (bicyclic) bond motifs is 1. The minimum atomic E-state index is -0.304. The molecule has 0 radical (unpaired) electrons. The Hall–Kier alpha value is -2.49. The SMILES string of the molecule is CC(C)c1cc(-c2c(F)ccc3ccccc23)nc(N)n1. The van der Waals surface area contributed by atoms with Crippen molar-refractivity contribution < 1.29 is 4.39 Å². The molecule has 0 bridgehead atoms. The first-order valence-electron chi connectivity index (χ1n) is 6.88. The van der Waals surface area contributed by atoms with Crippen molar-refractivity contribution >= 4 is 16.7 Å². The lowest BCUT2D eigenvalue weighted by atomic mass is 9.99. The fourth-order valence-corrected chi connectivity index (χ4v) is 2.41. The minimum Gasteiger partial charge on any atom is -0.368 e. The average molecular weight is 281 g/mol. The second-order valence-corrected chi connectivity index (χ2v) is 5.33. The number of rotatable bonds is 2. The summed E-state index contributed by atoms with van der Waals surface area (Å²) in [5.74, 6) is 0.0668. The summed E-state index contributed by atoms with van der Waals surface area (Å²) in [5.41, 5.74) is 7.60. The molecule has 0 spiro atoms. The van der Waals surface area contributed by atoms with Crippen LogP contribution in [0.3, 0.4) is 0 Å². The van der Waals surface area contributed by atoms with E-state index >= 15 is 0 Å². The van der Waals surface area contributed by atoms with E-state index in [1.807, 2.05) is 44.2 Å². The van der Waals surface area contributed by atoms with Crippen LogP contribution in [0.2, 0.25) is 0 Å². The van der Waals surface area contributed by atoms with Crippen molar-refractivity contribution in [2.24, 2.45) is 0 Å². The quantitative estimate of drug-likeness (QED) is 0.768. The van der Waals surface area contributed by atoms with Gasteiger partial charge in [-0.05, 0) is 28.8 Å². The molecule has 0 aliphatic carbocycles. The molecule has 3 nitrogen and oxygen atoms in total. The summed E-state index contributed by atoms with van der Waals surface area (Å²) >= 11 is 0. The Morgan fingerprint density at radius 2 is 1.81 bits per heavy atom. The molecule has 0 amide bonds. The molecule has 0 aliphatic rings. The van der Waals surface area contributed by atoms with E-state index in [1.54, 1.807) is 6.07 Å². The Labute approximate surface area is 122 Å². The lowest BCUT2D eigenvalue weighted by Crippen LogP contribution is -2.03. The third kappa shape index (κ3) is 2.44. The third-order valence-electron chi connectivity index (χ3n) is 3.49. The van der Waals surface area contributed by atoms with Gasteiger partial charge in [0.15, 0.2) is 0 Å². The molecule has 0 aliphatic heterocycles. The van der Waals surface area contributed by atoms with Gasteiger partial charge >= 0.3 is 0 Å². The largest absolute Gasteiger partial charge is 0.368 e. The fourth-order valence-electron chi connectivity index (χ4n) is 2.41. The Morgan fingerprint density at radius 3 is 2.57 bits per heavy atom. The standard InChI is InChI=1S/C17H16FN3/c1-10(2)14-9-15(21-17(19)20-14)16-12-6-4-3-5-11(12)7-8-13(16)18/h3-10H,1-2H3,(H2,19,20,21). The maximum Gasteiger partial charge on any atom is 0.220 e. The van der Waals surface area contributed by atoms with E-state index in [0.717, 1.165) is 16.5 Å². The van der Waals surface area contributed by atoms with Gasteiger partial charge in [0.2, 0.25) is 5.95 Å². The van der Waals surface area contributed by atoms with Crippen LogP contribution in [0.15, 0.2) is 42.5 Å². The molecule has 0 fully saturated rings. The molecule has 1 heterocycles. The molecular formula is C17H16FN3. The van der Waals surface area contributed by atoms with Gasteiger partial charge in [-0.1, -0.05) is 44.2 Å². The van der Waals surface area contributed by atoms with Crippen molar-refractivity contribution in [3.63, 3.8) is 0 Å². The first-order chi connectivity index (χ1) is 10.1. The Bertz CT molecular complexity index is 812. The molecule has 3 rings (SSSR count). The highest BCUT2D eigenvalue weighted by Gasteiger charge is 2.14. The van der Waals surface area contributed by atoms with Crippen molar-refractivity contribution in [1.82, 2.24) is 9.97 Å². The first kappa shape index (κ1) is 13.5. The highest BCUT2D eigenvalue weighted by Crippen LogP contribution is 2.31. The van der Waals surface area contributed by atoms with Crippen molar-refractivity contribution in [3.05, 3.63) is 54.0 Å². The van der Waals surface area contributed by atoms with Crippen LogP contribution in [0.4, 0.5) is 10.3 Å². The Balaban J connectivity index is 2.32. The maximum atomic E-state index is 14.4. The van der Waals surface area contributed by atoms with E-state index in [-0.39, 0.29) is 17.7 Å². The molecular weight excluding hydrogens is 265 g/mol. The Kier molecular flexibility index (Phi) is 3.29. The number of nitrogens with two attached hydrogens (primary N) is 1. The van der Waals surface area contributed by atoms with Gasteiger partial charge in [-0.3, -0.25) is 0 Å². The van der Waals surface area contributed by atoms with Gasteiger partial charge in [0.25, 0.3) is 0 Å². The topological polar surface area (TPSA) is 51.8 Å². The number of nitrogen functional groups attached to an aromatic ring is 1. The van der Waals surface area contributed by atoms with Gasteiger partial charge in [0, 0.05) is 11.3 Å². The molecule has 2 N–H and O–H groups in total. The van der Waals surface area contributed by atoms with E-state index in [2.05, 4.69) is 9.97 Å². The van der Waals surface area contributed by atoms with Crippen LogP contribution in [0, 0.1) is 5.82 Å². The summed E-state index contributed by atoms with van der Waals surface area (Å²) in [5, 5.41) is 1.79. The highest BCUT2D eigenvalue weighted by atomic mass is 19.1. The lowest BCUT2D eigenvalue weighted by molar-refractivity contribution is 0.632. The first-order valence-corrected chi connectivity index (χ1v) is 6.88. The van der Waals surface area contributed by atoms with Crippen LogP contribution in [0.5, 0.6) is 0 Å². The molecule has 0 atom stereocenters. The molecule has 4 heteroatoms. The smallest absolute Gasteiger partial charge is 0.220 e. The van der Waals surface area contributed by atoms with E-state index in [9.17, 15) is 4.39 Å². The van der Waals surface area contributed by atoms with E-state index < -0.39 is 0 Å².